The van der Waals surface area contributed by atoms with Gasteiger partial charge in [-0.3, -0.25) is 4.79 Å². The highest BCUT2D eigenvalue weighted by Crippen LogP contribution is 2.17. The van der Waals surface area contributed by atoms with Gasteiger partial charge >= 0.3 is 0 Å². The van der Waals surface area contributed by atoms with E-state index < -0.39 is 11.7 Å². The van der Waals surface area contributed by atoms with Crippen molar-refractivity contribution >= 4 is 17.7 Å². The van der Waals surface area contributed by atoms with Crippen LogP contribution >= 0.6 is 0 Å². The molecule has 0 fully saturated rings. The monoisotopic (exact) mass is 194 g/mol. The molecule has 0 aliphatic carbocycles. The number of nitrogens with two attached hydrogens (primary N) is 2. The van der Waals surface area contributed by atoms with Gasteiger partial charge in [0.25, 0.3) is 0 Å². The number of nitrogen functional groups attached to an aromatic ring is 1. The Morgan fingerprint density at radius 3 is 2.71 bits per heavy atom. The molecule has 0 aliphatic heterocycles. The summed E-state index contributed by atoms with van der Waals surface area (Å²) < 4.78 is 13.0. The predicted octanol–water partition coefficient (Wildman–Crippen LogP) is 1.21. The molecule has 0 aliphatic rings. The van der Waals surface area contributed by atoms with E-state index in [1.54, 1.807) is 6.92 Å². The lowest BCUT2D eigenvalue weighted by molar-refractivity contribution is -0.113. The fourth-order valence-corrected chi connectivity index (χ4v) is 1.07. The van der Waals surface area contributed by atoms with Crippen molar-refractivity contribution in [2.45, 2.75) is 6.92 Å². The number of anilines is 1. The zero-order chi connectivity index (χ0) is 10.7. The Balaban J connectivity index is 3.10. The van der Waals surface area contributed by atoms with E-state index in [0.717, 1.165) is 5.56 Å². The van der Waals surface area contributed by atoms with Crippen molar-refractivity contribution in [1.82, 2.24) is 0 Å². The molecule has 1 amide bonds. The quantitative estimate of drug-likeness (QED) is 0.549. The SMILES string of the molecule is Cc1cc(N)c(F)cc1C=CC(N)=O. The summed E-state index contributed by atoms with van der Waals surface area (Å²) in [4.78, 5) is 10.5. The number of aryl methyl sites for hydroxylation is 1. The Kier molecular flexibility index (Phi) is 2.86. The number of benzene rings is 1. The molecule has 74 valence electrons. The van der Waals surface area contributed by atoms with Crippen LogP contribution in [0.4, 0.5) is 10.1 Å². The molecule has 0 heterocycles. The Morgan fingerprint density at radius 1 is 1.50 bits per heavy atom. The van der Waals surface area contributed by atoms with Crippen molar-refractivity contribution in [3.05, 3.63) is 35.2 Å². The van der Waals surface area contributed by atoms with Gasteiger partial charge in [0, 0.05) is 6.08 Å². The first-order valence-electron chi connectivity index (χ1n) is 4.04. The molecule has 1 rings (SSSR count). The van der Waals surface area contributed by atoms with Gasteiger partial charge in [0.2, 0.25) is 5.91 Å². The Bertz CT molecular complexity index is 399. The van der Waals surface area contributed by atoms with Crippen LogP contribution in [0.2, 0.25) is 0 Å². The summed E-state index contributed by atoms with van der Waals surface area (Å²) in [6.45, 7) is 1.77. The number of carbonyl (C=O) groups excluding carboxylic acids is 1. The van der Waals surface area contributed by atoms with E-state index in [1.165, 1.54) is 24.3 Å². The maximum absolute atomic E-state index is 13.0. The van der Waals surface area contributed by atoms with Crippen LogP contribution in [0.15, 0.2) is 18.2 Å². The molecule has 0 atom stereocenters. The van der Waals surface area contributed by atoms with Crippen molar-refractivity contribution in [2.75, 3.05) is 5.73 Å². The second kappa shape index (κ2) is 3.91. The van der Waals surface area contributed by atoms with Gasteiger partial charge in [-0.15, -0.1) is 0 Å². The number of primary amides is 1. The van der Waals surface area contributed by atoms with Crippen molar-refractivity contribution < 1.29 is 9.18 Å². The third-order valence-electron chi connectivity index (χ3n) is 1.81. The van der Waals surface area contributed by atoms with E-state index in [-0.39, 0.29) is 5.69 Å². The number of hydrogen-bond donors (Lipinski definition) is 2. The van der Waals surface area contributed by atoms with E-state index >= 15 is 0 Å². The number of carbonyl (C=O) groups is 1. The highest BCUT2D eigenvalue weighted by molar-refractivity contribution is 5.90. The molecular weight excluding hydrogens is 183 g/mol. The maximum Gasteiger partial charge on any atom is 0.241 e. The highest BCUT2D eigenvalue weighted by Gasteiger charge is 2.02. The molecule has 0 bridgehead atoms. The number of hydrogen-bond acceptors (Lipinski definition) is 2. The van der Waals surface area contributed by atoms with E-state index in [2.05, 4.69) is 0 Å². The number of rotatable bonds is 2. The summed E-state index contributed by atoms with van der Waals surface area (Å²) in [6.07, 6.45) is 2.64. The van der Waals surface area contributed by atoms with Crippen LogP contribution in [-0.2, 0) is 4.79 Å². The number of amides is 1. The standard InChI is InChI=1S/C10H11FN2O/c1-6-4-9(12)8(11)5-7(6)2-3-10(13)14/h2-5H,12H2,1H3,(H2,13,14). The van der Waals surface area contributed by atoms with Gasteiger partial charge in [-0.25, -0.2) is 4.39 Å². The molecule has 0 radical (unpaired) electrons. The Labute approximate surface area is 81.2 Å². The fourth-order valence-electron chi connectivity index (χ4n) is 1.07. The summed E-state index contributed by atoms with van der Waals surface area (Å²) in [6, 6.07) is 2.78. The van der Waals surface area contributed by atoms with E-state index in [4.69, 9.17) is 11.5 Å². The zero-order valence-corrected chi connectivity index (χ0v) is 7.75. The molecule has 3 nitrogen and oxygen atoms in total. The Morgan fingerprint density at radius 2 is 2.14 bits per heavy atom. The summed E-state index contributed by atoms with van der Waals surface area (Å²) in [5, 5.41) is 0. The van der Waals surface area contributed by atoms with E-state index in [9.17, 15) is 9.18 Å². The van der Waals surface area contributed by atoms with Gasteiger partial charge in [-0.1, -0.05) is 0 Å². The molecular formula is C10H11FN2O. The summed E-state index contributed by atoms with van der Waals surface area (Å²) in [7, 11) is 0. The molecule has 0 unspecified atom stereocenters. The lowest BCUT2D eigenvalue weighted by Crippen LogP contribution is -2.05. The first-order valence-corrected chi connectivity index (χ1v) is 4.04. The van der Waals surface area contributed by atoms with Gasteiger partial charge < -0.3 is 11.5 Å². The van der Waals surface area contributed by atoms with Crippen LogP contribution in [0.1, 0.15) is 11.1 Å². The smallest absolute Gasteiger partial charge is 0.241 e. The van der Waals surface area contributed by atoms with Crippen molar-refractivity contribution in [3.63, 3.8) is 0 Å². The minimum atomic E-state index is -0.568. The molecule has 0 aromatic heterocycles. The normalized spacial score (nSPS) is 10.7. The third-order valence-corrected chi connectivity index (χ3v) is 1.81. The summed E-state index contributed by atoms with van der Waals surface area (Å²) in [5.41, 5.74) is 11.8. The first-order chi connectivity index (χ1) is 6.50. The molecule has 4 N–H and O–H groups in total. The largest absolute Gasteiger partial charge is 0.396 e. The van der Waals surface area contributed by atoms with E-state index in [0.29, 0.717) is 5.56 Å². The highest BCUT2D eigenvalue weighted by atomic mass is 19.1. The fraction of sp³-hybridized carbons (Fsp3) is 0.100. The van der Waals surface area contributed by atoms with Gasteiger partial charge in [0.15, 0.2) is 0 Å². The molecule has 0 saturated heterocycles. The predicted molar refractivity (Wildman–Crippen MR) is 53.8 cm³/mol. The maximum atomic E-state index is 13.0. The van der Waals surface area contributed by atoms with Gasteiger partial charge in [-0.05, 0) is 36.3 Å². The van der Waals surface area contributed by atoms with Crippen LogP contribution in [0.5, 0.6) is 0 Å². The zero-order valence-electron chi connectivity index (χ0n) is 7.75. The van der Waals surface area contributed by atoms with Crippen LogP contribution < -0.4 is 11.5 Å². The van der Waals surface area contributed by atoms with Gasteiger partial charge in [-0.2, -0.15) is 0 Å². The molecule has 14 heavy (non-hydrogen) atoms. The lowest BCUT2D eigenvalue weighted by Gasteiger charge is -2.02. The van der Waals surface area contributed by atoms with E-state index in [1.807, 2.05) is 0 Å². The molecule has 1 aromatic carbocycles. The molecule has 0 saturated carbocycles. The second-order valence-corrected chi connectivity index (χ2v) is 2.97. The Hall–Kier alpha value is -1.84. The van der Waals surface area contributed by atoms with Gasteiger partial charge in [0.05, 0.1) is 5.69 Å². The summed E-state index contributed by atoms with van der Waals surface area (Å²) in [5.74, 6) is -1.07. The number of halogens is 1. The second-order valence-electron chi connectivity index (χ2n) is 2.97. The third kappa shape index (κ3) is 2.32. The lowest BCUT2D eigenvalue weighted by atomic mass is 10.1. The minimum absolute atomic E-state index is 0.0960. The average Bonchev–Trinajstić information content (AvgIpc) is 2.09. The van der Waals surface area contributed by atoms with Crippen LogP contribution in [0.25, 0.3) is 6.08 Å². The van der Waals surface area contributed by atoms with Crippen molar-refractivity contribution in [1.29, 1.82) is 0 Å². The van der Waals surface area contributed by atoms with Crippen molar-refractivity contribution in [3.8, 4) is 0 Å². The first kappa shape index (κ1) is 10.2. The molecule has 1 aromatic rings. The van der Waals surface area contributed by atoms with Crippen LogP contribution in [0, 0.1) is 12.7 Å². The minimum Gasteiger partial charge on any atom is -0.396 e. The van der Waals surface area contributed by atoms with Crippen molar-refractivity contribution in [2.24, 2.45) is 5.73 Å². The van der Waals surface area contributed by atoms with Crippen LogP contribution in [0.3, 0.4) is 0 Å². The van der Waals surface area contributed by atoms with Crippen LogP contribution in [-0.4, -0.2) is 5.91 Å². The van der Waals surface area contributed by atoms with Gasteiger partial charge in [0.1, 0.15) is 5.82 Å². The average molecular weight is 194 g/mol. The topological polar surface area (TPSA) is 69.1 Å². The molecule has 4 heteroatoms. The molecule has 0 spiro atoms. The summed E-state index contributed by atoms with van der Waals surface area (Å²) >= 11 is 0.